The minimum atomic E-state index is -0.639. The standard InChI is InChI=1S/C24H30N4O5/c1-8-27-20-19(21(29)28(9-2)23(27)31)26(6)18(25-20)13-11-15-10-12-16(17(14-15)32-7)33-22(30)24(3,4)5/h10-14H,8-9H2,1-7H3. The number of imidazole rings is 1. The Kier molecular flexibility index (Phi) is 6.62. The maximum atomic E-state index is 12.8. The van der Waals surface area contributed by atoms with Crippen LogP contribution in [0, 0.1) is 5.41 Å². The highest BCUT2D eigenvalue weighted by molar-refractivity contribution is 5.79. The molecule has 33 heavy (non-hydrogen) atoms. The summed E-state index contributed by atoms with van der Waals surface area (Å²) in [5.74, 6) is 0.929. The quantitative estimate of drug-likeness (QED) is 0.419. The van der Waals surface area contributed by atoms with Gasteiger partial charge in [0.1, 0.15) is 5.82 Å². The van der Waals surface area contributed by atoms with E-state index in [2.05, 4.69) is 4.98 Å². The molecule has 0 saturated carbocycles. The minimum Gasteiger partial charge on any atom is -0.493 e. The number of methoxy groups -OCH3 is 1. The SMILES string of the molecule is CCn1c(=O)c2c(nc(C=Cc3ccc(OC(=O)C(C)(C)C)c(OC)c3)n2C)n(CC)c1=O. The summed E-state index contributed by atoms with van der Waals surface area (Å²) in [6, 6.07) is 5.21. The van der Waals surface area contributed by atoms with Crippen LogP contribution in [0.2, 0.25) is 0 Å². The normalized spacial score (nSPS) is 12.0. The molecule has 0 aliphatic rings. The molecule has 0 saturated heterocycles. The third-order valence-electron chi connectivity index (χ3n) is 5.34. The summed E-state index contributed by atoms with van der Waals surface area (Å²) in [6.07, 6.45) is 3.57. The molecule has 0 spiro atoms. The molecule has 2 heterocycles. The Hall–Kier alpha value is -3.62. The largest absolute Gasteiger partial charge is 0.493 e. The van der Waals surface area contributed by atoms with Crippen LogP contribution >= 0.6 is 0 Å². The third-order valence-corrected chi connectivity index (χ3v) is 5.34. The van der Waals surface area contributed by atoms with Crippen molar-refractivity contribution < 1.29 is 14.3 Å². The zero-order chi connectivity index (χ0) is 24.5. The van der Waals surface area contributed by atoms with E-state index in [1.807, 2.05) is 13.0 Å². The lowest BCUT2D eigenvalue weighted by molar-refractivity contribution is -0.143. The molecular weight excluding hydrogens is 424 g/mol. The van der Waals surface area contributed by atoms with E-state index in [0.29, 0.717) is 35.0 Å². The Labute approximate surface area is 191 Å². The Balaban J connectivity index is 2.02. The molecule has 0 amide bonds. The molecule has 0 unspecified atom stereocenters. The first-order valence-electron chi connectivity index (χ1n) is 10.8. The van der Waals surface area contributed by atoms with Gasteiger partial charge in [0.15, 0.2) is 22.7 Å². The molecule has 2 aromatic heterocycles. The number of carbonyl (C=O) groups is 1. The molecule has 0 aliphatic carbocycles. The Morgan fingerprint density at radius 3 is 2.30 bits per heavy atom. The molecule has 0 bridgehead atoms. The van der Waals surface area contributed by atoms with Gasteiger partial charge in [0.2, 0.25) is 0 Å². The molecule has 0 atom stereocenters. The van der Waals surface area contributed by atoms with Crippen molar-refractivity contribution in [3.8, 4) is 11.5 Å². The summed E-state index contributed by atoms with van der Waals surface area (Å²) in [5, 5.41) is 0. The first-order valence-corrected chi connectivity index (χ1v) is 10.8. The topological polar surface area (TPSA) is 97.3 Å². The maximum absolute atomic E-state index is 12.8. The highest BCUT2D eigenvalue weighted by Crippen LogP contribution is 2.31. The predicted octanol–water partition coefficient (Wildman–Crippen LogP) is 3.07. The molecule has 9 heteroatoms. The number of hydrogen-bond acceptors (Lipinski definition) is 6. The third kappa shape index (κ3) is 4.48. The lowest BCUT2D eigenvalue weighted by Gasteiger charge is -2.17. The van der Waals surface area contributed by atoms with Crippen molar-refractivity contribution in [1.29, 1.82) is 0 Å². The first-order chi connectivity index (χ1) is 15.5. The van der Waals surface area contributed by atoms with Gasteiger partial charge in [-0.3, -0.25) is 18.7 Å². The van der Waals surface area contributed by atoms with E-state index in [1.165, 1.54) is 16.2 Å². The number of hydrogen-bond donors (Lipinski definition) is 0. The summed E-state index contributed by atoms with van der Waals surface area (Å²) in [6.45, 7) is 9.64. The molecule has 176 valence electrons. The molecule has 3 aromatic rings. The fraction of sp³-hybridized carbons (Fsp3) is 0.417. The monoisotopic (exact) mass is 454 g/mol. The molecule has 9 nitrogen and oxygen atoms in total. The number of carbonyl (C=O) groups excluding carboxylic acids is 1. The van der Waals surface area contributed by atoms with Gasteiger partial charge in [0.05, 0.1) is 12.5 Å². The van der Waals surface area contributed by atoms with Gasteiger partial charge in [-0.05, 0) is 58.4 Å². The molecular formula is C24H30N4O5. The van der Waals surface area contributed by atoms with E-state index < -0.39 is 5.41 Å². The van der Waals surface area contributed by atoms with E-state index in [4.69, 9.17) is 9.47 Å². The number of nitrogens with zero attached hydrogens (tertiary/aromatic N) is 4. The average molecular weight is 455 g/mol. The number of aryl methyl sites for hydroxylation is 2. The van der Waals surface area contributed by atoms with Crippen molar-refractivity contribution in [1.82, 2.24) is 18.7 Å². The molecule has 0 N–H and O–H groups in total. The lowest BCUT2D eigenvalue weighted by Crippen LogP contribution is -2.39. The molecule has 1 aromatic carbocycles. The zero-order valence-electron chi connectivity index (χ0n) is 20.1. The first kappa shape index (κ1) is 24.0. The van der Waals surface area contributed by atoms with Crippen LogP contribution in [0.3, 0.4) is 0 Å². The molecule has 0 radical (unpaired) electrons. The second-order valence-electron chi connectivity index (χ2n) is 8.66. The minimum absolute atomic E-state index is 0.288. The number of benzene rings is 1. The summed E-state index contributed by atoms with van der Waals surface area (Å²) >= 11 is 0. The maximum Gasteiger partial charge on any atom is 0.332 e. The van der Waals surface area contributed by atoms with Crippen LogP contribution in [0.1, 0.15) is 46.0 Å². The van der Waals surface area contributed by atoms with Crippen LogP contribution in [-0.2, 0) is 24.9 Å². The van der Waals surface area contributed by atoms with Gasteiger partial charge < -0.3 is 14.0 Å². The summed E-state index contributed by atoms with van der Waals surface area (Å²) in [5.41, 5.74) is 0.161. The zero-order valence-corrected chi connectivity index (χ0v) is 20.1. The summed E-state index contributed by atoms with van der Waals surface area (Å²) < 4.78 is 15.3. The Morgan fingerprint density at radius 2 is 1.73 bits per heavy atom. The van der Waals surface area contributed by atoms with E-state index in [9.17, 15) is 14.4 Å². The van der Waals surface area contributed by atoms with Crippen molar-refractivity contribution in [2.45, 2.75) is 47.7 Å². The van der Waals surface area contributed by atoms with Crippen molar-refractivity contribution >= 4 is 29.3 Å². The van der Waals surface area contributed by atoms with Crippen LogP contribution in [-0.4, -0.2) is 31.8 Å². The fourth-order valence-corrected chi connectivity index (χ4v) is 3.39. The average Bonchev–Trinajstić information content (AvgIpc) is 3.09. The van der Waals surface area contributed by atoms with Crippen molar-refractivity contribution in [3.05, 3.63) is 50.4 Å². The molecule has 3 rings (SSSR count). The van der Waals surface area contributed by atoms with Gasteiger partial charge in [0, 0.05) is 20.1 Å². The lowest BCUT2D eigenvalue weighted by atomic mass is 9.97. The highest BCUT2D eigenvalue weighted by atomic mass is 16.6. The predicted molar refractivity (Wildman–Crippen MR) is 128 cm³/mol. The van der Waals surface area contributed by atoms with E-state index in [0.717, 1.165) is 5.56 Å². The van der Waals surface area contributed by atoms with E-state index in [1.54, 1.807) is 63.6 Å². The number of esters is 1. The van der Waals surface area contributed by atoms with Crippen molar-refractivity contribution in [2.24, 2.45) is 12.5 Å². The van der Waals surface area contributed by atoms with Crippen LogP contribution in [0.25, 0.3) is 23.3 Å². The van der Waals surface area contributed by atoms with Gasteiger partial charge >= 0.3 is 11.7 Å². The molecule has 0 fully saturated rings. The summed E-state index contributed by atoms with van der Waals surface area (Å²) in [4.78, 5) is 42.2. The van der Waals surface area contributed by atoms with Gasteiger partial charge in [-0.2, -0.15) is 0 Å². The second-order valence-corrected chi connectivity index (χ2v) is 8.66. The van der Waals surface area contributed by atoms with Crippen molar-refractivity contribution in [3.63, 3.8) is 0 Å². The Bertz CT molecular complexity index is 1350. The highest BCUT2D eigenvalue weighted by Gasteiger charge is 2.25. The number of fused-ring (bicyclic) bond motifs is 1. The number of rotatable bonds is 6. The fourth-order valence-electron chi connectivity index (χ4n) is 3.39. The van der Waals surface area contributed by atoms with Gasteiger partial charge in [-0.15, -0.1) is 0 Å². The Morgan fingerprint density at radius 1 is 1.06 bits per heavy atom. The van der Waals surface area contributed by atoms with Crippen LogP contribution in [0.5, 0.6) is 11.5 Å². The van der Waals surface area contributed by atoms with Gasteiger partial charge in [-0.25, -0.2) is 9.78 Å². The smallest absolute Gasteiger partial charge is 0.332 e. The van der Waals surface area contributed by atoms with E-state index >= 15 is 0 Å². The van der Waals surface area contributed by atoms with Gasteiger partial charge in [-0.1, -0.05) is 12.1 Å². The van der Waals surface area contributed by atoms with Crippen molar-refractivity contribution in [2.75, 3.05) is 7.11 Å². The molecule has 0 aliphatic heterocycles. The van der Waals surface area contributed by atoms with Crippen LogP contribution < -0.4 is 20.7 Å². The summed E-state index contributed by atoms with van der Waals surface area (Å²) in [7, 11) is 3.25. The number of ether oxygens (including phenoxy) is 2. The van der Waals surface area contributed by atoms with Crippen LogP contribution in [0.4, 0.5) is 0 Å². The second kappa shape index (κ2) is 9.09. The number of aromatic nitrogens is 4. The van der Waals surface area contributed by atoms with E-state index in [-0.39, 0.29) is 23.8 Å². The van der Waals surface area contributed by atoms with Gasteiger partial charge in [0.25, 0.3) is 5.56 Å². The van der Waals surface area contributed by atoms with Crippen LogP contribution in [0.15, 0.2) is 27.8 Å².